The Morgan fingerprint density at radius 1 is 1.19 bits per heavy atom. The second kappa shape index (κ2) is 11.9. The van der Waals surface area contributed by atoms with E-state index < -0.39 is 11.9 Å². The van der Waals surface area contributed by atoms with Gasteiger partial charge in [0.05, 0.1) is 0 Å². The fourth-order valence-electron chi connectivity index (χ4n) is 2.45. The quantitative estimate of drug-likeness (QED) is 0.564. The van der Waals surface area contributed by atoms with Crippen molar-refractivity contribution in [3.63, 3.8) is 0 Å². The minimum absolute atomic E-state index is 0.00699. The van der Waals surface area contributed by atoms with Gasteiger partial charge in [-0.1, -0.05) is 62.1 Å². The van der Waals surface area contributed by atoms with Gasteiger partial charge in [0.25, 0.3) is 0 Å². The molecule has 1 fully saturated rings. The van der Waals surface area contributed by atoms with Crippen molar-refractivity contribution in [3.05, 3.63) is 66.3 Å². The molecule has 0 atom stereocenters. The first-order valence-corrected chi connectivity index (χ1v) is 8.90. The molecule has 2 rings (SSSR count). The zero-order valence-corrected chi connectivity index (χ0v) is 15.4. The zero-order chi connectivity index (χ0) is 19.4. The van der Waals surface area contributed by atoms with Gasteiger partial charge in [0.2, 0.25) is 0 Å². The predicted octanol–water partition coefficient (Wildman–Crippen LogP) is 5.17. The summed E-state index contributed by atoms with van der Waals surface area (Å²) in [6, 6.07) is 10.0. The number of hydrogen-bond acceptors (Lipinski definition) is 3. The molecular formula is C22H28O4. The number of rotatable bonds is 6. The van der Waals surface area contributed by atoms with E-state index in [1.807, 2.05) is 36.4 Å². The van der Waals surface area contributed by atoms with E-state index in [2.05, 4.69) is 13.2 Å². The molecular weight excluding hydrogens is 328 g/mol. The largest absolute Gasteiger partial charge is 0.478 e. The zero-order valence-electron chi connectivity index (χ0n) is 15.4. The SMILES string of the molecule is C=C(CC=C(C)C(=O)O)C(=O)OC1CCCCC1.C=Cc1ccccc1. The molecule has 1 N–H and O–H groups in total. The molecule has 0 heterocycles. The van der Waals surface area contributed by atoms with Gasteiger partial charge in [-0.25, -0.2) is 9.59 Å². The number of allylic oxidation sites excluding steroid dienone is 1. The molecule has 0 bridgehead atoms. The number of carbonyl (C=O) groups excluding carboxylic acids is 1. The van der Waals surface area contributed by atoms with Crippen LogP contribution < -0.4 is 0 Å². The maximum atomic E-state index is 11.7. The molecule has 0 spiro atoms. The van der Waals surface area contributed by atoms with E-state index in [1.54, 1.807) is 0 Å². The number of ether oxygens (including phenoxy) is 1. The Bertz CT molecular complexity index is 637. The average molecular weight is 356 g/mol. The van der Waals surface area contributed by atoms with Gasteiger partial charge in [0, 0.05) is 11.1 Å². The second-order valence-corrected chi connectivity index (χ2v) is 6.28. The monoisotopic (exact) mass is 356 g/mol. The smallest absolute Gasteiger partial charge is 0.333 e. The Morgan fingerprint density at radius 2 is 1.81 bits per heavy atom. The van der Waals surface area contributed by atoms with E-state index in [-0.39, 0.29) is 18.1 Å². The van der Waals surface area contributed by atoms with Gasteiger partial charge in [0.15, 0.2) is 0 Å². The summed E-state index contributed by atoms with van der Waals surface area (Å²) in [7, 11) is 0. The van der Waals surface area contributed by atoms with Crippen LogP contribution in [0.1, 0.15) is 51.0 Å². The third-order valence-corrected chi connectivity index (χ3v) is 4.14. The molecule has 4 nitrogen and oxygen atoms in total. The summed E-state index contributed by atoms with van der Waals surface area (Å²) < 4.78 is 5.33. The third kappa shape index (κ3) is 8.47. The molecule has 1 aromatic rings. The van der Waals surface area contributed by atoms with Gasteiger partial charge in [-0.15, -0.1) is 0 Å². The molecule has 1 aliphatic carbocycles. The van der Waals surface area contributed by atoms with Crippen molar-refractivity contribution in [2.45, 2.75) is 51.6 Å². The Labute approximate surface area is 155 Å². The van der Waals surface area contributed by atoms with Crippen LogP contribution in [0.25, 0.3) is 6.08 Å². The standard InChI is InChI=1S/C14H20O4.C8H8/c1-10(13(15)16)8-9-11(2)14(17)18-12-6-4-3-5-7-12;1-2-8-6-4-3-5-7-8/h8,12H,2-7,9H2,1H3,(H,15,16);2-7H,1H2. The van der Waals surface area contributed by atoms with Gasteiger partial charge in [-0.05, 0) is 44.6 Å². The second-order valence-electron chi connectivity index (χ2n) is 6.28. The molecule has 0 radical (unpaired) electrons. The Morgan fingerprint density at radius 3 is 2.31 bits per heavy atom. The maximum absolute atomic E-state index is 11.7. The molecule has 0 unspecified atom stereocenters. The highest BCUT2D eigenvalue weighted by Gasteiger charge is 2.18. The van der Waals surface area contributed by atoms with Crippen molar-refractivity contribution in [1.82, 2.24) is 0 Å². The summed E-state index contributed by atoms with van der Waals surface area (Å²) in [6.07, 6.45) is 8.79. The molecule has 0 saturated heterocycles. The molecule has 26 heavy (non-hydrogen) atoms. The Hall–Kier alpha value is -2.62. The predicted molar refractivity (Wildman–Crippen MR) is 105 cm³/mol. The van der Waals surface area contributed by atoms with Gasteiger partial charge in [0.1, 0.15) is 6.10 Å². The summed E-state index contributed by atoms with van der Waals surface area (Å²) in [5.41, 5.74) is 1.69. The number of aliphatic carboxylic acids is 1. The topological polar surface area (TPSA) is 63.6 Å². The van der Waals surface area contributed by atoms with Crippen LogP contribution >= 0.6 is 0 Å². The number of carboxylic acid groups (broad SMARTS) is 1. The maximum Gasteiger partial charge on any atom is 0.333 e. The summed E-state index contributed by atoms with van der Waals surface area (Å²) in [5, 5.41) is 8.68. The Kier molecular flexibility index (Phi) is 9.77. The van der Waals surface area contributed by atoms with Gasteiger partial charge in [-0.2, -0.15) is 0 Å². The lowest BCUT2D eigenvalue weighted by Gasteiger charge is -2.22. The fourth-order valence-corrected chi connectivity index (χ4v) is 2.45. The van der Waals surface area contributed by atoms with E-state index in [0.717, 1.165) is 25.7 Å². The third-order valence-electron chi connectivity index (χ3n) is 4.14. The summed E-state index contributed by atoms with van der Waals surface area (Å²) >= 11 is 0. The number of carboxylic acids is 1. The van der Waals surface area contributed by atoms with Gasteiger partial charge >= 0.3 is 11.9 Å². The first-order chi connectivity index (χ1) is 12.4. The van der Waals surface area contributed by atoms with Crippen LogP contribution in [-0.2, 0) is 14.3 Å². The van der Waals surface area contributed by atoms with E-state index in [1.165, 1.54) is 25.0 Å². The lowest BCUT2D eigenvalue weighted by Crippen LogP contribution is -2.21. The van der Waals surface area contributed by atoms with E-state index in [0.29, 0.717) is 5.57 Å². The van der Waals surface area contributed by atoms with Crippen molar-refractivity contribution in [1.29, 1.82) is 0 Å². The van der Waals surface area contributed by atoms with Crippen LogP contribution in [0.15, 0.2) is 60.7 Å². The summed E-state index contributed by atoms with van der Waals surface area (Å²) in [5.74, 6) is -1.39. The molecule has 0 aromatic heterocycles. The van der Waals surface area contributed by atoms with Crippen molar-refractivity contribution in [3.8, 4) is 0 Å². The summed E-state index contributed by atoms with van der Waals surface area (Å²) in [6.45, 7) is 8.76. The molecule has 0 amide bonds. The molecule has 0 aliphatic heterocycles. The molecule has 1 aromatic carbocycles. The Balaban J connectivity index is 0.000000350. The van der Waals surface area contributed by atoms with Crippen molar-refractivity contribution in [2.75, 3.05) is 0 Å². The normalized spacial score (nSPS) is 14.6. The van der Waals surface area contributed by atoms with Crippen molar-refractivity contribution in [2.24, 2.45) is 0 Å². The van der Waals surface area contributed by atoms with E-state index in [9.17, 15) is 9.59 Å². The van der Waals surface area contributed by atoms with Crippen LogP contribution in [0.5, 0.6) is 0 Å². The first kappa shape index (κ1) is 21.4. The number of carbonyl (C=O) groups is 2. The van der Waals surface area contributed by atoms with Crippen LogP contribution in [0.4, 0.5) is 0 Å². The lowest BCUT2D eigenvalue weighted by atomic mass is 9.98. The summed E-state index contributed by atoms with van der Waals surface area (Å²) in [4.78, 5) is 22.3. The van der Waals surface area contributed by atoms with Gasteiger partial charge < -0.3 is 9.84 Å². The highest BCUT2D eigenvalue weighted by atomic mass is 16.5. The van der Waals surface area contributed by atoms with Crippen molar-refractivity contribution < 1.29 is 19.4 Å². The molecule has 1 saturated carbocycles. The number of benzene rings is 1. The van der Waals surface area contributed by atoms with Crippen LogP contribution in [0.3, 0.4) is 0 Å². The minimum Gasteiger partial charge on any atom is -0.478 e. The molecule has 4 heteroatoms. The lowest BCUT2D eigenvalue weighted by molar-refractivity contribution is -0.145. The minimum atomic E-state index is -0.983. The number of esters is 1. The van der Waals surface area contributed by atoms with Crippen LogP contribution in [-0.4, -0.2) is 23.1 Å². The molecule has 140 valence electrons. The van der Waals surface area contributed by atoms with Crippen LogP contribution in [0.2, 0.25) is 0 Å². The van der Waals surface area contributed by atoms with E-state index in [4.69, 9.17) is 9.84 Å². The first-order valence-electron chi connectivity index (χ1n) is 8.90. The van der Waals surface area contributed by atoms with E-state index >= 15 is 0 Å². The van der Waals surface area contributed by atoms with Crippen molar-refractivity contribution >= 4 is 18.0 Å². The highest BCUT2D eigenvalue weighted by Crippen LogP contribution is 2.21. The van der Waals surface area contributed by atoms with Crippen LogP contribution in [0, 0.1) is 0 Å². The highest BCUT2D eigenvalue weighted by molar-refractivity contribution is 5.89. The number of hydrogen-bond donors (Lipinski definition) is 1. The average Bonchev–Trinajstić information content (AvgIpc) is 2.67. The van der Waals surface area contributed by atoms with Gasteiger partial charge in [-0.3, -0.25) is 0 Å². The fraction of sp³-hybridized carbons (Fsp3) is 0.364. The molecule has 1 aliphatic rings.